The molecular weight excluding hydrogens is 431 g/mol. The van der Waals surface area contributed by atoms with E-state index >= 15 is 0 Å². The molecule has 1 atom stereocenters. The molecule has 1 aromatic carbocycles. The highest BCUT2D eigenvalue weighted by atomic mass is 16.6. The molecule has 34 heavy (non-hydrogen) atoms. The number of carbonyl (C=O) groups is 1. The van der Waals surface area contributed by atoms with Crippen LogP contribution in [0.1, 0.15) is 79.9 Å². The Bertz CT molecular complexity index is 1010. The van der Waals surface area contributed by atoms with Crippen molar-refractivity contribution in [2.45, 2.75) is 98.9 Å². The van der Waals surface area contributed by atoms with Crippen molar-refractivity contribution < 1.29 is 24.7 Å². The molecule has 2 aromatic rings. The number of aliphatic hydroxyl groups is 1. The number of fused-ring (bicyclic) bond motifs is 1. The minimum absolute atomic E-state index is 0.0577. The number of benzene rings is 1. The summed E-state index contributed by atoms with van der Waals surface area (Å²) in [6.45, 7) is 18.3. The van der Waals surface area contributed by atoms with E-state index in [0.717, 1.165) is 16.5 Å². The molecular formula is C26H43BN2O5. The number of nitrogens with zero attached hydrogens (tertiary/aromatic N) is 2. The van der Waals surface area contributed by atoms with Crippen LogP contribution in [-0.2, 0) is 17.7 Å². The van der Waals surface area contributed by atoms with Gasteiger partial charge in [0.15, 0.2) is 0 Å². The van der Waals surface area contributed by atoms with E-state index in [0.29, 0.717) is 30.9 Å². The number of hydrogen-bond donors (Lipinski definition) is 3. The Morgan fingerprint density at radius 1 is 1.09 bits per heavy atom. The second-order valence-corrected chi connectivity index (χ2v) is 12.2. The minimum Gasteiger partial charge on any atom is -0.443 e. The average molecular weight is 474 g/mol. The summed E-state index contributed by atoms with van der Waals surface area (Å²) in [7, 11) is 0.237. The van der Waals surface area contributed by atoms with Crippen molar-refractivity contribution in [2.24, 2.45) is 5.41 Å². The Balaban J connectivity index is 2.68. The van der Waals surface area contributed by atoms with Crippen LogP contribution in [-0.4, -0.2) is 62.1 Å². The number of carbonyl (C=O) groups excluding carboxylic acids is 1. The summed E-state index contributed by atoms with van der Waals surface area (Å²) < 4.78 is 6.85. The van der Waals surface area contributed by atoms with Crippen LogP contribution in [0.5, 0.6) is 0 Å². The molecule has 0 radical (unpaired) electrons. The summed E-state index contributed by atoms with van der Waals surface area (Å²) in [6.07, 6.45) is 0.438. The van der Waals surface area contributed by atoms with E-state index in [4.69, 9.17) is 4.74 Å². The summed E-state index contributed by atoms with van der Waals surface area (Å²) in [5.41, 5.74) is 1.06. The van der Waals surface area contributed by atoms with Crippen LogP contribution in [0.3, 0.4) is 0 Å². The first-order valence-corrected chi connectivity index (χ1v) is 12.0. The lowest BCUT2D eigenvalue weighted by molar-refractivity contribution is 0.0547. The minimum atomic E-state index is -1.84. The van der Waals surface area contributed by atoms with Gasteiger partial charge in [0, 0.05) is 18.0 Å². The molecule has 0 unspecified atom stereocenters. The first-order chi connectivity index (χ1) is 15.3. The third kappa shape index (κ3) is 7.31. The lowest BCUT2D eigenvalue weighted by Crippen LogP contribution is -2.41. The summed E-state index contributed by atoms with van der Waals surface area (Å²) >= 11 is 0. The van der Waals surface area contributed by atoms with Crippen molar-refractivity contribution >= 4 is 29.7 Å². The molecule has 0 aliphatic heterocycles. The second-order valence-electron chi connectivity index (χ2n) is 12.2. The van der Waals surface area contributed by atoms with Gasteiger partial charge in [0.25, 0.3) is 0 Å². The van der Waals surface area contributed by atoms with Gasteiger partial charge in [0.05, 0.1) is 16.7 Å². The van der Waals surface area contributed by atoms with E-state index in [1.165, 1.54) is 4.57 Å². The fourth-order valence-electron chi connectivity index (χ4n) is 3.99. The SMILES string of the molecule is C[C@@H](N(C)Cc1cc(CCC(C)(C)O)c2cc(B(O)O)n(C(=O)OC(C)(C)C)c2c1)C(C)(C)C. The Morgan fingerprint density at radius 2 is 1.68 bits per heavy atom. The van der Waals surface area contributed by atoms with Crippen LogP contribution in [0.4, 0.5) is 4.79 Å². The molecule has 0 aliphatic rings. The molecule has 0 fully saturated rings. The molecule has 8 heteroatoms. The van der Waals surface area contributed by atoms with E-state index < -0.39 is 24.4 Å². The summed E-state index contributed by atoms with van der Waals surface area (Å²) in [5, 5.41) is 31.2. The molecule has 0 saturated carbocycles. The zero-order valence-corrected chi connectivity index (χ0v) is 22.6. The molecule has 1 heterocycles. The zero-order chi connectivity index (χ0) is 26.2. The topological polar surface area (TPSA) is 95.2 Å². The highest BCUT2D eigenvalue weighted by molar-refractivity contribution is 6.59. The Hall–Kier alpha value is -1.87. The number of ether oxygens (including phenoxy) is 1. The van der Waals surface area contributed by atoms with Gasteiger partial charge in [-0.25, -0.2) is 4.79 Å². The van der Waals surface area contributed by atoms with E-state index in [2.05, 4.69) is 45.7 Å². The van der Waals surface area contributed by atoms with Crippen molar-refractivity contribution in [3.05, 3.63) is 29.3 Å². The van der Waals surface area contributed by atoms with E-state index in [9.17, 15) is 19.9 Å². The van der Waals surface area contributed by atoms with Crippen molar-refractivity contribution in [2.75, 3.05) is 7.05 Å². The number of rotatable bonds is 7. The lowest BCUT2D eigenvalue weighted by Gasteiger charge is -2.35. The number of aryl methyl sites for hydroxylation is 1. The molecule has 0 amide bonds. The van der Waals surface area contributed by atoms with Crippen LogP contribution in [0, 0.1) is 5.41 Å². The van der Waals surface area contributed by atoms with E-state index in [-0.39, 0.29) is 11.0 Å². The first-order valence-electron chi connectivity index (χ1n) is 12.0. The fourth-order valence-corrected chi connectivity index (χ4v) is 3.99. The molecule has 0 spiro atoms. The molecule has 7 nitrogen and oxygen atoms in total. The maximum absolute atomic E-state index is 13.1. The van der Waals surface area contributed by atoms with E-state index in [1.807, 2.05) is 6.07 Å². The molecule has 1 aromatic heterocycles. The molecule has 2 rings (SSSR count). The van der Waals surface area contributed by atoms with Gasteiger partial charge in [0.1, 0.15) is 5.60 Å². The zero-order valence-electron chi connectivity index (χ0n) is 22.6. The van der Waals surface area contributed by atoms with Crippen molar-refractivity contribution in [1.82, 2.24) is 9.47 Å². The lowest BCUT2D eigenvalue weighted by atomic mass is 9.85. The Morgan fingerprint density at radius 3 is 2.15 bits per heavy atom. The largest absolute Gasteiger partial charge is 0.506 e. The molecule has 0 aliphatic carbocycles. The number of hydrogen-bond acceptors (Lipinski definition) is 6. The monoisotopic (exact) mass is 474 g/mol. The maximum atomic E-state index is 13.1. The number of aromatic nitrogens is 1. The van der Waals surface area contributed by atoms with Crippen molar-refractivity contribution in [1.29, 1.82) is 0 Å². The van der Waals surface area contributed by atoms with Crippen LogP contribution in [0.2, 0.25) is 0 Å². The second kappa shape index (κ2) is 10.0. The third-order valence-electron chi connectivity index (χ3n) is 6.29. The highest BCUT2D eigenvalue weighted by Gasteiger charge is 2.29. The Kier molecular flexibility index (Phi) is 8.36. The van der Waals surface area contributed by atoms with Crippen LogP contribution in [0.25, 0.3) is 10.9 Å². The van der Waals surface area contributed by atoms with Gasteiger partial charge in [-0.3, -0.25) is 9.47 Å². The van der Waals surface area contributed by atoms with Gasteiger partial charge in [-0.05, 0) is 90.1 Å². The van der Waals surface area contributed by atoms with Gasteiger partial charge in [-0.1, -0.05) is 26.8 Å². The van der Waals surface area contributed by atoms with Crippen LogP contribution >= 0.6 is 0 Å². The Labute approximate surface area is 204 Å². The molecule has 0 saturated heterocycles. The van der Waals surface area contributed by atoms with Crippen molar-refractivity contribution in [3.63, 3.8) is 0 Å². The van der Waals surface area contributed by atoms with Gasteiger partial charge in [-0.2, -0.15) is 0 Å². The van der Waals surface area contributed by atoms with Gasteiger partial charge in [0.2, 0.25) is 0 Å². The maximum Gasteiger partial charge on any atom is 0.506 e. The van der Waals surface area contributed by atoms with Gasteiger partial charge in [-0.15, -0.1) is 0 Å². The van der Waals surface area contributed by atoms with E-state index in [1.54, 1.807) is 40.7 Å². The van der Waals surface area contributed by atoms with Crippen LogP contribution < -0.4 is 5.59 Å². The predicted octanol–water partition coefficient (Wildman–Crippen LogP) is 3.67. The predicted molar refractivity (Wildman–Crippen MR) is 138 cm³/mol. The molecule has 0 bridgehead atoms. The summed E-state index contributed by atoms with van der Waals surface area (Å²) in [6, 6.07) is 5.95. The summed E-state index contributed by atoms with van der Waals surface area (Å²) in [4.78, 5) is 15.4. The first kappa shape index (κ1) is 28.4. The molecule has 190 valence electrons. The smallest absolute Gasteiger partial charge is 0.443 e. The van der Waals surface area contributed by atoms with Gasteiger partial charge < -0.3 is 19.9 Å². The fraction of sp³-hybridized carbons (Fsp3) is 0.654. The molecule has 3 N–H and O–H groups in total. The van der Waals surface area contributed by atoms with Gasteiger partial charge >= 0.3 is 13.2 Å². The summed E-state index contributed by atoms with van der Waals surface area (Å²) in [5.74, 6) is 0. The van der Waals surface area contributed by atoms with Crippen molar-refractivity contribution in [3.8, 4) is 0 Å². The standard InChI is InChI=1S/C26H43BN2O5/c1-17(24(2,3)4)28(10)16-18-13-19(11-12-26(8,9)31)20-15-22(27(32)33)29(21(20)14-18)23(30)34-25(5,6)7/h13-15,17,31-33H,11-12,16H2,1-10H3/t17-/m1/s1. The quantitative estimate of drug-likeness (QED) is 0.530. The normalized spacial score (nSPS) is 14.1. The highest BCUT2D eigenvalue weighted by Crippen LogP contribution is 2.29. The average Bonchev–Trinajstić information content (AvgIpc) is 3.02. The van der Waals surface area contributed by atoms with Crippen LogP contribution in [0.15, 0.2) is 18.2 Å². The third-order valence-corrected chi connectivity index (χ3v) is 6.29.